The molecule has 1 aliphatic heterocycles. The van der Waals surface area contributed by atoms with Crippen LogP contribution in [0.2, 0.25) is 0 Å². The highest BCUT2D eigenvalue weighted by atomic mass is 16.2. The van der Waals surface area contributed by atoms with Gasteiger partial charge < -0.3 is 10.6 Å². The molecule has 1 fully saturated rings. The highest BCUT2D eigenvalue weighted by Crippen LogP contribution is 2.32. The van der Waals surface area contributed by atoms with Gasteiger partial charge in [0, 0.05) is 32.3 Å². The van der Waals surface area contributed by atoms with E-state index in [4.69, 9.17) is 5.73 Å². The molecular weight excluding hydrogens is 204 g/mol. The summed E-state index contributed by atoms with van der Waals surface area (Å²) in [7, 11) is 1.88. The average molecular weight is 222 g/mol. The zero-order chi connectivity index (χ0) is 11.9. The molecule has 1 amide bonds. The summed E-state index contributed by atoms with van der Waals surface area (Å²) in [5.41, 5.74) is 8.06. The van der Waals surface area contributed by atoms with E-state index >= 15 is 0 Å². The van der Waals surface area contributed by atoms with Crippen LogP contribution in [0.3, 0.4) is 0 Å². The molecule has 1 aromatic rings. The van der Waals surface area contributed by atoms with Crippen LogP contribution in [0.25, 0.3) is 0 Å². The maximum atomic E-state index is 11.7. The van der Waals surface area contributed by atoms with Crippen molar-refractivity contribution in [3.63, 3.8) is 0 Å². The van der Waals surface area contributed by atoms with E-state index in [-0.39, 0.29) is 18.0 Å². The fourth-order valence-electron chi connectivity index (χ4n) is 2.46. The SMILES string of the molecule is CCN1C(=O)C[C@H](N)[C@H]1c1nn(C)cc1C. The van der Waals surface area contributed by atoms with Gasteiger partial charge in [0.05, 0.1) is 11.7 Å². The minimum atomic E-state index is -0.138. The molecule has 0 saturated carbocycles. The van der Waals surface area contributed by atoms with Gasteiger partial charge >= 0.3 is 0 Å². The van der Waals surface area contributed by atoms with Crippen LogP contribution in [0.4, 0.5) is 0 Å². The van der Waals surface area contributed by atoms with Crippen molar-refractivity contribution in [1.29, 1.82) is 0 Å². The van der Waals surface area contributed by atoms with Crippen LogP contribution in [0.15, 0.2) is 6.20 Å². The van der Waals surface area contributed by atoms with Gasteiger partial charge in [0.15, 0.2) is 0 Å². The molecule has 5 heteroatoms. The zero-order valence-corrected chi connectivity index (χ0v) is 9.97. The number of hydrogen-bond acceptors (Lipinski definition) is 3. The summed E-state index contributed by atoms with van der Waals surface area (Å²) in [5.74, 6) is 0.130. The summed E-state index contributed by atoms with van der Waals surface area (Å²) in [4.78, 5) is 13.5. The molecule has 0 bridgehead atoms. The summed E-state index contributed by atoms with van der Waals surface area (Å²) in [6.45, 7) is 4.67. The van der Waals surface area contributed by atoms with Gasteiger partial charge in [-0.05, 0) is 19.4 Å². The van der Waals surface area contributed by atoms with Crippen molar-refractivity contribution in [3.8, 4) is 0 Å². The van der Waals surface area contributed by atoms with Crippen LogP contribution >= 0.6 is 0 Å². The highest BCUT2D eigenvalue weighted by molar-refractivity contribution is 5.80. The van der Waals surface area contributed by atoms with Gasteiger partial charge in [0.25, 0.3) is 0 Å². The molecule has 5 nitrogen and oxygen atoms in total. The minimum Gasteiger partial charge on any atom is -0.333 e. The second-order valence-corrected chi connectivity index (χ2v) is 4.36. The predicted octanol–water partition coefficient (Wildman–Crippen LogP) is 0.349. The van der Waals surface area contributed by atoms with E-state index in [0.29, 0.717) is 13.0 Å². The van der Waals surface area contributed by atoms with E-state index in [1.54, 1.807) is 4.68 Å². The molecule has 0 radical (unpaired) electrons. The number of carbonyl (C=O) groups excluding carboxylic acids is 1. The number of aromatic nitrogens is 2. The molecule has 0 aromatic carbocycles. The molecular formula is C11H18N4O. The lowest BCUT2D eigenvalue weighted by Gasteiger charge is -2.24. The molecule has 88 valence electrons. The van der Waals surface area contributed by atoms with Crippen molar-refractivity contribution in [2.24, 2.45) is 12.8 Å². The summed E-state index contributed by atoms with van der Waals surface area (Å²) >= 11 is 0. The molecule has 2 N–H and O–H groups in total. The first-order chi connectivity index (χ1) is 7.54. The van der Waals surface area contributed by atoms with E-state index in [9.17, 15) is 4.79 Å². The Labute approximate surface area is 95.2 Å². The lowest BCUT2D eigenvalue weighted by Crippen LogP contribution is -2.33. The second-order valence-electron chi connectivity index (χ2n) is 4.36. The molecule has 1 aliphatic rings. The van der Waals surface area contributed by atoms with Crippen LogP contribution < -0.4 is 5.73 Å². The van der Waals surface area contributed by atoms with E-state index in [1.165, 1.54) is 0 Å². The molecule has 1 aromatic heterocycles. The number of nitrogens with zero attached hydrogens (tertiary/aromatic N) is 3. The number of likely N-dealkylation sites (N-methyl/N-ethyl adjacent to an activating group) is 1. The number of amides is 1. The molecule has 2 atom stereocenters. The molecule has 0 unspecified atom stereocenters. The number of likely N-dealkylation sites (tertiary alicyclic amines) is 1. The van der Waals surface area contributed by atoms with Crippen molar-refractivity contribution in [2.75, 3.05) is 6.54 Å². The largest absolute Gasteiger partial charge is 0.333 e. The van der Waals surface area contributed by atoms with Crippen LogP contribution in [0, 0.1) is 6.92 Å². The third-order valence-corrected chi connectivity index (χ3v) is 3.14. The third-order valence-electron chi connectivity index (χ3n) is 3.14. The van der Waals surface area contributed by atoms with Crippen LogP contribution in [0.1, 0.15) is 30.6 Å². The van der Waals surface area contributed by atoms with Crippen molar-refractivity contribution in [1.82, 2.24) is 14.7 Å². The maximum Gasteiger partial charge on any atom is 0.224 e. The van der Waals surface area contributed by atoms with Crippen LogP contribution in [-0.2, 0) is 11.8 Å². The van der Waals surface area contributed by atoms with E-state index < -0.39 is 0 Å². The fraction of sp³-hybridized carbons (Fsp3) is 0.636. The van der Waals surface area contributed by atoms with Gasteiger partial charge in [-0.3, -0.25) is 9.48 Å². The Morgan fingerprint density at radius 2 is 2.31 bits per heavy atom. The monoisotopic (exact) mass is 222 g/mol. The van der Waals surface area contributed by atoms with Gasteiger partial charge in [-0.25, -0.2) is 0 Å². The van der Waals surface area contributed by atoms with Gasteiger partial charge in [0.2, 0.25) is 5.91 Å². The Morgan fingerprint density at radius 1 is 1.62 bits per heavy atom. The fourth-order valence-corrected chi connectivity index (χ4v) is 2.46. The topological polar surface area (TPSA) is 64.2 Å². The van der Waals surface area contributed by atoms with E-state index in [0.717, 1.165) is 11.3 Å². The van der Waals surface area contributed by atoms with Crippen molar-refractivity contribution in [2.45, 2.75) is 32.4 Å². The summed E-state index contributed by atoms with van der Waals surface area (Å²) in [6, 6.07) is -0.195. The van der Waals surface area contributed by atoms with Gasteiger partial charge in [-0.2, -0.15) is 5.10 Å². The van der Waals surface area contributed by atoms with E-state index in [1.807, 2.05) is 32.0 Å². The number of aryl methyl sites for hydroxylation is 2. The van der Waals surface area contributed by atoms with Crippen molar-refractivity contribution >= 4 is 5.91 Å². The van der Waals surface area contributed by atoms with Crippen molar-refractivity contribution in [3.05, 3.63) is 17.5 Å². The van der Waals surface area contributed by atoms with Crippen LogP contribution in [-0.4, -0.2) is 33.2 Å². The molecule has 2 rings (SSSR count). The quantitative estimate of drug-likeness (QED) is 0.785. The van der Waals surface area contributed by atoms with Gasteiger partial charge in [-0.1, -0.05) is 0 Å². The Bertz CT molecular complexity index is 412. The molecule has 0 spiro atoms. The molecule has 16 heavy (non-hydrogen) atoms. The third kappa shape index (κ3) is 1.61. The Balaban J connectivity index is 2.38. The summed E-state index contributed by atoms with van der Waals surface area (Å²) in [6.07, 6.45) is 2.38. The minimum absolute atomic E-state index is 0.0568. The highest BCUT2D eigenvalue weighted by Gasteiger charge is 2.39. The van der Waals surface area contributed by atoms with Crippen molar-refractivity contribution < 1.29 is 4.79 Å². The maximum absolute atomic E-state index is 11.7. The average Bonchev–Trinajstić information content (AvgIpc) is 2.66. The lowest BCUT2D eigenvalue weighted by molar-refractivity contribution is -0.128. The first-order valence-corrected chi connectivity index (χ1v) is 5.59. The standard InChI is InChI=1S/C11H18N4O/c1-4-15-9(16)5-8(12)11(15)10-7(2)6-14(3)13-10/h6,8,11H,4-5,12H2,1-3H3/t8-,11-/m0/s1. The number of rotatable bonds is 2. The Kier molecular flexibility index (Phi) is 2.71. The van der Waals surface area contributed by atoms with Gasteiger partial charge in [0.1, 0.15) is 0 Å². The first-order valence-electron chi connectivity index (χ1n) is 5.59. The number of hydrogen-bond donors (Lipinski definition) is 1. The smallest absolute Gasteiger partial charge is 0.224 e. The number of nitrogens with two attached hydrogens (primary N) is 1. The van der Waals surface area contributed by atoms with Crippen LogP contribution in [0.5, 0.6) is 0 Å². The Hall–Kier alpha value is -1.36. The predicted molar refractivity (Wildman–Crippen MR) is 60.7 cm³/mol. The molecule has 2 heterocycles. The zero-order valence-electron chi connectivity index (χ0n) is 9.97. The first kappa shape index (κ1) is 11.1. The Morgan fingerprint density at radius 3 is 2.81 bits per heavy atom. The van der Waals surface area contributed by atoms with E-state index in [2.05, 4.69) is 5.10 Å². The second kappa shape index (κ2) is 3.90. The summed E-state index contributed by atoms with van der Waals surface area (Å²) < 4.78 is 1.77. The van der Waals surface area contributed by atoms with Gasteiger partial charge in [-0.15, -0.1) is 0 Å². The molecule has 1 saturated heterocycles. The summed E-state index contributed by atoms with van der Waals surface area (Å²) in [5, 5.41) is 4.42. The normalized spacial score (nSPS) is 25.5. The lowest BCUT2D eigenvalue weighted by atomic mass is 10.0. The number of carbonyl (C=O) groups is 1. The molecule has 0 aliphatic carbocycles.